The van der Waals surface area contributed by atoms with Crippen LogP contribution in [0.15, 0.2) is 42.5 Å². The van der Waals surface area contributed by atoms with E-state index in [0.717, 1.165) is 0 Å². The molecular weight excluding hydrogens is 378 g/mol. The highest BCUT2D eigenvalue weighted by molar-refractivity contribution is 5.89. The Morgan fingerprint density at radius 1 is 0.926 bits per heavy atom. The predicted molar refractivity (Wildman–Crippen MR) is 85.3 cm³/mol. The summed E-state index contributed by atoms with van der Waals surface area (Å²) >= 11 is 0. The van der Waals surface area contributed by atoms with Gasteiger partial charge in [0.05, 0.1) is 18.2 Å². The van der Waals surface area contributed by atoms with Gasteiger partial charge in [-0.15, -0.1) is 0 Å². The van der Waals surface area contributed by atoms with Gasteiger partial charge >= 0.3 is 18.4 Å². The lowest BCUT2D eigenvalue weighted by Crippen LogP contribution is -2.28. The molecule has 27 heavy (non-hydrogen) atoms. The number of carbonyl (C=O) groups is 1. The van der Waals surface area contributed by atoms with E-state index < -0.39 is 35.2 Å². The molecule has 146 valence electrons. The maximum absolute atomic E-state index is 12.8. The minimum atomic E-state index is -4.99. The van der Waals surface area contributed by atoms with E-state index in [4.69, 9.17) is 4.74 Å². The van der Waals surface area contributed by atoms with Crippen molar-refractivity contribution >= 4 is 11.7 Å². The summed E-state index contributed by atoms with van der Waals surface area (Å²) in [4.78, 5) is 11.8. The molecule has 0 spiro atoms. The van der Waals surface area contributed by atoms with Gasteiger partial charge in [0, 0.05) is 12.2 Å². The number of amides is 2. The van der Waals surface area contributed by atoms with Crippen molar-refractivity contribution in [1.29, 1.82) is 0 Å². The third kappa shape index (κ3) is 5.80. The van der Waals surface area contributed by atoms with Crippen LogP contribution in [-0.4, -0.2) is 13.1 Å². The quantitative estimate of drug-likeness (QED) is 0.715. The number of hydrogen-bond acceptors (Lipinski definition) is 2. The molecular formula is C17H14F6N2O2. The minimum absolute atomic E-state index is 0.0135. The van der Waals surface area contributed by atoms with Gasteiger partial charge in [-0.3, -0.25) is 0 Å². The molecule has 0 aliphatic rings. The van der Waals surface area contributed by atoms with Crippen molar-refractivity contribution in [3.8, 4) is 5.75 Å². The molecule has 0 atom stereocenters. The van der Waals surface area contributed by atoms with Gasteiger partial charge in [-0.25, -0.2) is 4.79 Å². The number of carbonyl (C=O) groups excluding carboxylic acids is 1. The molecule has 2 N–H and O–H groups in total. The van der Waals surface area contributed by atoms with Crippen LogP contribution < -0.4 is 15.4 Å². The Kier molecular flexibility index (Phi) is 5.87. The van der Waals surface area contributed by atoms with Crippen LogP contribution in [0.3, 0.4) is 0 Å². The van der Waals surface area contributed by atoms with Crippen LogP contribution in [0.4, 0.5) is 36.8 Å². The van der Waals surface area contributed by atoms with Gasteiger partial charge in [0.2, 0.25) is 0 Å². The lowest BCUT2D eigenvalue weighted by Gasteiger charge is -2.15. The highest BCUT2D eigenvalue weighted by Gasteiger charge is 2.37. The first-order valence-electron chi connectivity index (χ1n) is 7.46. The molecule has 0 aliphatic carbocycles. The largest absolute Gasteiger partial charge is 0.497 e. The fourth-order valence-corrected chi connectivity index (χ4v) is 2.13. The monoisotopic (exact) mass is 392 g/mol. The van der Waals surface area contributed by atoms with Gasteiger partial charge in [0.15, 0.2) is 0 Å². The smallest absolute Gasteiger partial charge is 0.416 e. The average molecular weight is 392 g/mol. The SMILES string of the molecule is COc1ccc(CNC(=O)Nc2cc(C(F)(F)F)cc(C(F)(F)F)c2)cc1. The third-order valence-electron chi connectivity index (χ3n) is 3.46. The number of urea groups is 1. The zero-order valence-corrected chi connectivity index (χ0v) is 13.8. The third-order valence-corrected chi connectivity index (χ3v) is 3.46. The molecule has 0 unspecified atom stereocenters. The zero-order chi connectivity index (χ0) is 20.2. The molecule has 10 heteroatoms. The Morgan fingerprint density at radius 2 is 1.44 bits per heavy atom. The first-order chi connectivity index (χ1) is 12.5. The summed E-state index contributed by atoms with van der Waals surface area (Å²) < 4.78 is 81.8. The number of anilines is 1. The average Bonchev–Trinajstić information content (AvgIpc) is 2.58. The van der Waals surface area contributed by atoms with Gasteiger partial charge in [-0.1, -0.05) is 12.1 Å². The van der Waals surface area contributed by atoms with Crippen LogP contribution in [0.2, 0.25) is 0 Å². The molecule has 0 saturated heterocycles. The number of methoxy groups -OCH3 is 1. The fraction of sp³-hybridized carbons (Fsp3) is 0.235. The molecule has 2 rings (SSSR count). The van der Waals surface area contributed by atoms with Crippen molar-refractivity contribution in [2.75, 3.05) is 12.4 Å². The van der Waals surface area contributed by atoms with E-state index in [9.17, 15) is 31.1 Å². The number of nitrogens with one attached hydrogen (secondary N) is 2. The number of alkyl halides is 6. The molecule has 0 fully saturated rings. The van der Waals surface area contributed by atoms with Crippen molar-refractivity contribution in [3.63, 3.8) is 0 Å². The highest BCUT2D eigenvalue weighted by Crippen LogP contribution is 2.37. The fourth-order valence-electron chi connectivity index (χ4n) is 2.13. The standard InChI is InChI=1S/C17H14F6N2O2/c1-27-14-4-2-10(3-5-14)9-24-15(26)25-13-7-11(16(18,19)20)6-12(8-13)17(21,22)23/h2-8H,9H2,1H3,(H2,24,25,26). The molecule has 0 saturated carbocycles. The summed E-state index contributed by atoms with van der Waals surface area (Å²) in [5, 5.41) is 4.33. The Morgan fingerprint density at radius 3 is 1.89 bits per heavy atom. The summed E-state index contributed by atoms with van der Waals surface area (Å²) in [6.45, 7) is 0.0148. The van der Waals surface area contributed by atoms with Crippen molar-refractivity contribution in [1.82, 2.24) is 5.32 Å². The molecule has 0 radical (unpaired) electrons. The topological polar surface area (TPSA) is 50.4 Å². The normalized spacial score (nSPS) is 11.8. The predicted octanol–water partition coefficient (Wildman–Crippen LogP) is 5.05. The lowest BCUT2D eigenvalue weighted by molar-refractivity contribution is -0.143. The van der Waals surface area contributed by atoms with Gasteiger partial charge in [-0.05, 0) is 35.9 Å². The zero-order valence-electron chi connectivity index (χ0n) is 13.8. The molecule has 2 aromatic rings. The number of benzene rings is 2. The second-order valence-corrected chi connectivity index (χ2v) is 5.45. The second-order valence-electron chi connectivity index (χ2n) is 5.45. The van der Waals surface area contributed by atoms with Crippen LogP contribution in [0, 0.1) is 0 Å². The van der Waals surface area contributed by atoms with E-state index in [1.54, 1.807) is 24.3 Å². The number of halogens is 6. The second kappa shape index (κ2) is 7.77. The Balaban J connectivity index is 2.11. The van der Waals surface area contributed by atoms with Gasteiger partial charge < -0.3 is 15.4 Å². The van der Waals surface area contributed by atoms with Crippen LogP contribution in [0.1, 0.15) is 16.7 Å². The summed E-state index contributed by atoms with van der Waals surface area (Å²) in [7, 11) is 1.48. The van der Waals surface area contributed by atoms with Crippen molar-refractivity contribution in [2.45, 2.75) is 18.9 Å². The van der Waals surface area contributed by atoms with E-state index in [1.807, 2.05) is 5.32 Å². The van der Waals surface area contributed by atoms with Crippen LogP contribution in [0.25, 0.3) is 0 Å². The van der Waals surface area contributed by atoms with Gasteiger partial charge in [0.1, 0.15) is 5.75 Å². The van der Waals surface area contributed by atoms with E-state index >= 15 is 0 Å². The first kappa shape index (κ1) is 20.4. The summed E-state index contributed by atoms with van der Waals surface area (Å²) in [5.74, 6) is 0.590. The lowest BCUT2D eigenvalue weighted by atomic mass is 10.1. The van der Waals surface area contributed by atoms with Gasteiger partial charge in [-0.2, -0.15) is 26.3 Å². The van der Waals surface area contributed by atoms with E-state index in [0.29, 0.717) is 23.4 Å². The molecule has 4 nitrogen and oxygen atoms in total. The van der Waals surface area contributed by atoms with Crippen molar-refractivity contribution in [3.05, 3.63) is 59.2 Å². The highest BCUT2D eigenvalue weighted by atomic mass is 19.4. The van der Waals surface area contributed by atoms with Crippen LogP contribution >= 0.6 is 0 Å². The molecule has 0 aromatic heterocycles. The minimum Gasteiger partial charge on any atom is -0.497 e. The number of rotatable bonds is 4. The first-order valence-corrected chi connectivity index (χ1v) is 7.46. The van der Waals surface area contributed by atoms with E-state index in [-0.39, 0.29) is 12.6 Å². The maximum Gasteiger partial charge on any atom is 0.416 e. The molecule has 2 aromatic carbocycles. The van der Waals surface area contributed by atoms with Crippen LogP contribution in [0.5, 0.6) is 5.75 Å². The maximum atomic E-state index is 12.8. The summed E-state index contributed by atoms with van der Waals surface area (Å²) in [5.41, 5.74) is -2.99. The van der Waals surface area contributed by atoms with Crippen molar-refractivity contribution in [2.24, 2.45) is 0 Å². The Hall–Kier alpha value is -2.91. The molecule has 0 bridgehead atoms. The molecule has 0 heterocycles. The Bertz CT molecular complexity index is 768. The number of hydrogen-bond donors (Lipinski definition) is 2. The summed E-state index contributed by atoms with van der Waals surface area (Å²) in [6, 6.07) is 6.47. The summed E-state index contributed by atoms with van der Waals surface area (Å²) in [6.07, 6.45) is -9.98. The van der Waals surface area contributed by atoms with E-state index in [1.165, 1.54) is 7.11 Å². The van der Waals surface area contributed by atoms with Crippen LogP contribution in [-0.2, 0) is 18.9 Å². The number of ether oxygens (including phenoxy) is 1. The molecule has 0 aliphatic heterocycles. The molecule has 2 amide bonds. The van der Waals surface area contributed by atoms with Gasteiger partial charge in [0.25, 0.3) is 0 Å². The van der Waals surface area contributed by atoms with E-state index in [2.05, 4.69) is 5.32 Å². The van der Waals surface area contributed by atoms with Crippen molar-refractivity contribution < 1.29 is 35.9 Å². The Labute approximate surface area is 150 Å².